The molecule has 0 radical (unpaired) electrons. The molecule has 3 N–H and O–H groups in total. The van der Waals surface area contributed by atoms with Crippen LogP contribution in [0.2, 0.25) is 0 Å². The van der Waals surface area contributed by atoms with Crippen molar-refractivity contribution in [3.8, 4) is 0 Å². The SMILES string of the molecule is Cc1cc(C)cc(NC(N)=NCC(c2ccc(C)o2)N2CCCC2)c1.I. The Balaban J connectivity index is 0.00000243. The molecule has 5 nitrogen and oxygen atoms in total. The van der Waals surface area contributed by atoms with Gasteiger partial charge in [0.05, 0.1) is 12.6 Å². The molecule has 26 heavy (non-hydrogen) atoms. The predicted molar refractivity (Wildman–Crippen MR) is 118 cm³/mol. The minimum absolute atomic E-state index is 0. The first-order valence-electron chi connectivity index (χ1n) is 8.97. The van der Waals surface area contributed by atoms with Gasteiger partial charge in [-0.2, -0.15) is 0 Å². The van der Waals surface area contributed by atoms with E-state index in [0.29, 0.717) is 12.5 Å². The summed E-state index contributed by atoms with van der Waals surface area (Å²) in [6.07, 6.45) is 2.46. The average molecular weight is 468 g/mol. The van der Waals surface area contributed by atoms with E-state index < -0.39 is 0 Å². The van der Waals surface area contributed by atoms with Gasteiger partial charge >= 0.3 is 0 Å². The Morgan fingerprint density at radius 3 is 2.38 bits per heavy atom. The first-order chi connectivity index (χ1) is 12.0. The summed E-state index contributed by atoms with van der Waals surface area (Å²) >= 11 is 0. The van der Waals surface area contributed by atoms with Crippen LogP contribution < -0.4 is 11.1 Å². The molecule has 1 aromatic heterocycles. The van der Waals surface area contributed by atoms with E-state index in [1.807, 2.05) is 13.0 Å². The number of hydrogen-bond acceptors (Lipinski definition) is 3. The van der Waals surface area contributed by atoms with Crippen molar-refractivity contribution in [3.63, 3.8) is 0 Å². The number of anilines is 1. The Morgan fingerprint density at radius 1 is 1.15 bits per heavy atom. The van der Waals surface area contributed by atoms with Gasteiger partial charge in [-0.3, -0.25) is 9.89 Å². The van der Waals surface area contributed by atoms with Crippen molar-refractivity contribution in [2.75, 3.05) is 25.0 Å². The van der Waals surface area contributed by atoms with Gasteiger partial charge in [0.2, 0.25) is 0 Å². The second-order valence-corrected chi connectivity index (χ2v) is 6.93. The van der Waals surface area contributed by atoms with E-state index in [1.54, 1.807) is 0 Å². The fourth-order valence-electron chi connectivity index (χ4n) is 3.49. The van der Waals surface area contributed by atoms with Crippen LogP contribution in [0.5, 0.6) is 0 Å². The van der Waals surface area contributed by atoms with Gasteiger partial charge in [-0.1, -0.05) is 6.07 Å². The standard InChI is InChI=1S/C20H28N4O.HI/c1-14-10-15(2)12-17(11-14)23-20(21)22-13-18(24-8-4-5-9-24)19-7-6-16(3)25-19;/h6-7,10-12,18H,4-5,8-9,13H2,1-3H3,(H3,21,22,23);1H. The molecule has 1 atom stereocenters. The van der Waals surface area contributed by atoms with E-state index in [1.165, 1.54) is 24.0 Å². The highest BCUT2D eigenvalue weighted by Gasteiger charge is 2.25. The zero-order valence-corrected chi connectivity index (χ0v) is 18.1. The van der Waals surface area contributed by atoms with Crippen LogP contribution in [-0.2, 0) is 0 Å². The summed E-state index contributed by atoms with van der Waals surface area (Å²) in [5, 5.41) is 3.20. The zero-order valence-electron chi connectivity index (χ0n) is 15.8. The van der Waals surface area contributed by atoms with E-state index in [9.17, 15) is 0 Å². The van der Waals surface area contributed by atoms with Crippen LogP contribution >= 0.6 is 24.0 Å². The van der Waals surface area contributed by atoms with Crippen molar-refractivity contribution >= 4 is 35.6 Å². The van der Waals surface area contributed by atoms with E-state index in [0.717, 1.165) is 30.3 Å². The summed E-state index contributed by atoms with van der Waals surface area (Å²) in [6.45, 7) is 8.90. The molecule has 0 amide bonds. The van der Waals surface area contributed by atoms with E-state index in [-0.39, 0.29) is 30.0 Å². The third kappa shape index (κ3) is 5.48. The molecule has 1 aliphatic heterocycles. The van der Waals surface area contributed by atoms with Crippen LogP contribution in [0, 0.1) is 20.8 Å². The maximum Gasteiger partial charge on any atom is 0.193 e. The number of guanidine groups is 1. The van der Waals surface area contributed by atoms with Gasteiger partial charge in [-0.15, -0.1) is 24.0 Å². The highest BCUT2D eigenvalue weighted by Crippen LogP contribution is 2.27. The summed E-state index contributed by atoms with van der Waals surface area (Å²) in [5.41, 5.74) is 9.51. The van der Waals surface area contributed by atoms with Crippen molar-refractivity contribution in [2.45, 2.75) is 39.7 Å². The number of aryl methyl sites for hydroxylation is 3. The molecule has 3 rings (SSSR count). The normalized spacial score (nSPS) is 16.3. The summed E-state index contributed by atoms with van der Waals surface area (Å²) in [7, 11) is 0. The molecule has 1 aromatic carbocycles. The second kappa shape index (κ2) is 9.41. The molecule has 1 aliphatic rings. The molecular formula is C20H29IN4O. The Hall–Kier alpha value is -1.54. The summed E-state index contributed by atoms with van der Waals surface area (Å²) in [6, 6.07) is 10.5. The van der Waals surface area contributed by atoms with Crippen LogP contribution in [-0.4, -0.2) is 30.5 Å². The number of aliphatic imine (C=N–C) groups is 1. The number of rotatable bonds is 5. The van der Waals surface area contributed by atoms with E-state index >= 15 is 0 Å². The van der Waals surface area contributed by atoms with Crippen LogP contribution in [0.15, 0.2) is 39.7 Å². The molecule has 0 bridgehead atoms. The lowest BCUT2D eigenvalue weighted by molar-refractivity contribution is 0.219. The molecule has 142 valence electrons. The van der Waals surface area contributed by atoms with Gasteiger partial charge in [0.25, 0.3) is 0 Å². The average Bonchev–Trinajstić information content (AvgIpc) is 3.19. The first kappa shape index (κ1) is 20.8. The van der Waals surface area contributed by atoms with Gasteiger partial charge in [0.1, 0.15) is 11.5 Å². The molecule has 1 saturated heterocycles. The van der Waals surface area contributed by atoms with E-state index in [2.05, 4.69) is 53.3 Å². The summed E-state index contributed by atoms with van der Waals surface area (Å²) in [4.78, 5) is 7.03. The van der Waals surface area contributed by atoms with Crippen molar-refractivity contribution < 1.29 is 4.42 Å². The minimum Gasteiger partial charge on any atom is -0.465 e. The fourth-order valence-corrected chi connectivity index (χ4v) is 3.49. The molecule has 1 unspecified atom stereocenters. The molecule has 2 heterocycles. The third-order valence-corrected chi connectivity index (χ3v) is 4.60. The predicted octanol–water partition coefficient (Wildman–Crippen LogP) is 4.39. The number of nitrogens with one attached hydrogen (secondary N) is 1. The quantitative estimate of drug-likeness (QED) is 0.388. The molecule has 1 fully saturated rings. The van der Waals surface area contributed by atoms with Crippen molar-refractivity contribution in [1.82, 2.24) is 4.90 Å². The van der Waals surface area contributed by atoms with Crippen LogP contribution in [0.4, 0.5) is 5.69 Å². The molecule has 0 spiro atoms. The smallest absolute Gasteiger partial charge is 0.193 e. The molecule has 0 saturated carbocycles. The Kier molecular flexibility index (Phi) is 7.52. The third-order valence-electron chi connectivity index (χ3n) is 4.60. The van der Waals surface area contributed by atoms with Gasteiger partial charge in [0, 0.05) is 5.69 Å². The second-order valence-electron chi connectivity index (χ2n) is 6.93. The lowest BCUT2D eigenvalue weighted by Gasteiger charge is -2.24. The molecule has 6 heteroatoms. The van der Waals surface area contributed by atoms with Crippen molar-refractivity contribution in [2.24, 2.45) is 10.7 Å². The maximum absolute atomic E-state index is 6.13. The summed E-state index contributed by atoms with van der Waals surface area (Å²) in [5.74, 6) is 2.35. The highest BCUT2D eigenvalue weighted by atomic mass is 127. The minimum atomic E-state index is 0. The Bertz CT molecular complexity index is 730. The van der Waals surface area contributed by atoms with Crippen LogP contribution in [0.1, 0.15) is 41.5 Å². The lowest BCUT2D eigenvalue weighted by Crippen LogP contribution is -2.30. The number of benzene rings is 1. The van der Waals surface area contributed by atoms with Gasteiger partial charge in [-0.05, 0) is 82.1 Å². The highest BCUT2D eigenvalue weighted by molar-refractivity contribution is 14.0. The van der Waals surface area contributed by atoms with E-state index in [4.69, 9.17) is 10.2 Å². The Morgan fingerprint density at radius 2 is 1.81 bits per heavy atom. The lowest BCUT2D eigenvalue weighted by atomic mass is 10.1. The van der Waals surface area contributed by atoms with Crippen LogP contribution in [0.25, 0.3) is 0 Å². The number of halogens is 1. The maximum atomic E-state index is 6.13. The number of likely N-dealkylation sites (tertiary alicyclic amines) is 1. The first-order valence-corrected chi connectivity index (χ1v) is 8.97. The van der Waals surface area contributed by atoms with Crippen molar-refractivity contribution in [3.05, 3.63) is 53.0 Å². The van der Waals surface area contributed by atoms with Gasteiger partial charge in [0.15, 0.2) is 5.96 Å². The largest absolute Gasteiger partial charge is 0.465 e. The van der Waals surface area contributed by atoms with Gasteiger partial charge in [-0.25, -0.2) is 0 Å². The molecular weight excluding hydrogens is 439 g/mol. The van der Waals surface area contributed by atoms with Crippen LogP contribution in [0.3, 0.4) is 0 Å². The number of nitrogens with two attached hydrogens (primary N) is 1. The number of furan rings is 1. The fraction of sp³-hybridized carbons (Fsp3) is 0.450. The topological polar surface area (TPSA) is 66.8 Å². The van der Waals surface area contributed by atoms with Crippen molar-refractivity contribution in [1.29, 1.82) is 0 Å². The Labute approximate surface area is 173 Å². The number of hydrogen-bond donors (Lipinski definition) is 2. The molecule has 0 aliphatic carbocycles. The van der Waals surface area contributed by atoms with Gasteiger partial charge < -0.3 is 15.5 Å². The number of nitrogens with zero attached hydrogens (tertiary/aromatic N) is 2. The zero-order chi connectivity index (χ0) is 17.8. The monoisotopic (exact) mass is 468 g/mol. The summed E-state index contributed by atoms with van der Waals surface area (Å²) < 4.78 is 5.87. The molecule has 2 aromatic rings.